The lowest BCUT2D eigenvalue weighted by Crippen LogP contribution is -2.34. The SMILES string of the molecule is O=C1COc2cc(C(=O)NC(c3ccccc3)C3CCCCC3)ccc2N1. The Hall–Kier alpha value is -2.82. The van der Waals surface area contributed by atoms with Crippen LogP contribution in [-0.2, 0) is 4.79 Å². The molecule has 0 spiro atoms. The van der Waals surface area contributed by atoms with E-state index >= 15 is 0 Å². The fourth-order valence-electron chi connectivity index (χ4n) is 4.04. The number of rotatable bonds is 4. The average molecular weight is 364 g/mol. The minimum absolute atomic E-state index is 0.00986. The van der Waals surface area contributed by atoms with Gasteiger partial charge in [0.15, 0.2) is 6.61 Å². The Morgan fingerprint density at radius 1 is 1.07 bits per heavy atom. The van der Waals surface area contributed by atoms with Crippen LogP contribution in [0.5, 0.6) is 5.75 Å². The van der Waals surface area contributed by atoms with Gasteiger partial charge in [0.2, 0.25) is 0 Å². The van der Waals surface area contributed by atoms with Crippen molar-refractivity contribution in [2.75, 3.05) is 11.9 Å². The summed E-state index contributed by atoms with van der Waals surface area (Å²) >= 11 is 0. The van der Waals surface area contributed by atoms with Crippen LogP contribution < -0.4 is 15.4 Å². The van der Waals surface area contributed by atoms with Crippen molar-refractivity contribution >= 4 is 17.5 Å². The second-order valence-corrected chi connectivity index (χ2v) is 7.31. The van der Waals surface area contributed by atoms with Gasteiger partial charge in [-0.05, 0) is 42.5 Å². The van der Waals surface area contributed by atoms with E-state index in [0.717, 1.165) is 18.4 Å². The maximum absolute atomic E-state index is 13.0. The topological polar surface area (TPSA) is 67.4 Å². The van der Waals surface area contributed by atoms with Crippen molar-refractivity contribution in [1.29, 1.82) is 0 Å². The number of anilines is 1. The summed E-state index contributed by atoms with van der Waals surface area (Å²) in [5.74, 6) is 0.702. The van der Waals surface area contributed by atoms with Gasteiger partial charge in [0.25, 0.3) is 11.8 Å². The fourth-order valence-corrected chi connectivity index (χ4v) is 4.04. The highest BCUT2D eigenvalue weighted by Gasteiger charge is 2.27. The van der Waals surface area contributed by atoms with E-state index in [4.69, 9.17) is 4.74 Å². The van der Waals surface area contributed by atoms with Gasteiger partial charge in [-0.3, -0.25) is 9.59 Å². The van der Waals surface area contributed by atoms with Crippen molar-refractivity contribution in [1.82, 2.24) is 5.32 Å². The highest BCUT2D eigenvalue weighted by molar-refractivity contribution is 5.99. The molecule has 1 heterocycles. The fraction of sp³-hybridized carbons (Fsp3) is 0.364. The first kappa shape index (κ1) is 17.6. The van der Waals surface area contributed by atoms with Crippen molar-refractivity contribution in [3.8, 4) is 5.75 Å². The molecule has 1 aliphatic carbocycles. The van der Waals surface area contributed by atoms with Crippen LogP contribution in [0.15, 0.2) is 48.5 Å². The van der Waals surface area contributed by atoms with Crippen molar-refractivity contribution in [3.63, 3.8) is 0 Å². The van der Waals surface area contributed by atoms with Crippen LogP contribution in [0.3, 0.4) is 0 Å². The Morgan fingerprint density at radius 3 is 2.63 bits per heavy atom. The molecule has 1 unspecified atom stereocenters. The minimum Gasteiger partial charge on any atom is -0.482 e. The summed E-state index contributed by atoms with van der Waals surface area (Å²) in [5.41, 5.74) is 2.30. The van der Waals surface area contributed by atoms with Crippen LogP contribution in [0.1, 0.15) is 54.1 Å². The number of hydrogen-bond donors (Lipinski definition) is 2. The quantitative estimate of drug-likeness (QED) is 0.859. The molecule has 140 valence electrons. The summed E-state index contributed by atoms with van der Waals surface area (Å²) in [6.45, 7) is -0.0210. The Labute approximate surface area is 159 Å². The molecule has 1 saturated carbocycles. The second-order valence-electron chi connectivity index (χ2n) is 7.31. The van der Waals surface area contributed by atoms with E-state index in [0.29, 0.717) is 22.9 Å². The standard InChI is InChI=1S/C22H24N2O3/c25-20-14-27-19-13-17(11-12-18(19)23-20)22(26)24-21(15-7-3-1-4-8-15)16-9-5-2-6-10-16/h1,3-4,7-8,11-13,16,21H,2,5-6,9-10,14H2,(H,23,25)(H,24,26). The highest BCUT2D eigenvalue weighted by atomic mass is 16.5. The first-order valence-corrected chi connectivity index (χ1v) is 9.63. The molecular formula is C22H24N2O3. The Balaban J connectivity index is 1.55. The van der Waals surface area contributed by atoms with E-state index < -0.39 is 0 Å². The van der Waals surface area contributed by atoms with Gasteiger partial charge < -0.3 is 15.4 Å². The van der Waals surface area contributed by atoms with Gasteiger partial charge >= 0.3 is 0 Å². The number of carbonyl (C=O) groups is 2. The Kier molecular flexibility index (Phi) is 5.10. The third-order valence-corrected chi connectivity index (χ3v) is 5.44. The predicted octanol–water partition coefficient (Wildman–Crippen LogP) is 4.07. The summed E-state index contributed by atoms with van der Waals surface area (Å²) in [6, 6.07) is 15.4. The lowest BCUT2D eigenvalue weighted by molar-refractivity contribution is -0.118. The van der Waals surface area contributed by atoms with E-state index in [2.05, 4.69) is 22.8 Å². The zero-order valence-corrected chi connectivity index (χ0v) is 15.2. The second kappa shape index (κ2) is 7.82. The molecule has 0 aromatic heterocycles. The summed E-state index contributed by atoms with van der Waals surface area (Å²) in [4.78, 5) is 24.4. The molecule has 1 fully saturated rings. The highest BCUT2D eigenvalue weighted by Crippen LogP contribution is 2.35. The third kappa shape index (κ3) is 3.97. The summed E-state index contributed by atoms with van der Waals surface area (Å²) in [7, 11) is 0. The predicted molar refractivity (Wildman–Crippen MR) is 104 cm³/mol. The largest absolute Gasteiger partial charge is 0.482 e. The smallest absolute Gasteiger partial charge is 0.262 e. The number of nitrogens with one attached hydrogen (secondary N) is 2. The van der Waals surface area contributed by atoms with Gasteiger partial charge in [-0.2, -0.15) is 0 Å². The molecule has 2 aliphatic rings. The average Bonchev–Trinajstić information content (AvgIpc) is 2.72. The van der Waals surface area contributed by atoms with Crippen LogP contribution >= 0.6 is 0 Å². The summed E-state index contributed by atoms with van der Waals surface area (Å²) in [5, 5.41) is 6.00. The maximum atomic E-state index is 13.0. The van der Waals surface area contributed by atoms with Gasteiger partial charge in [0, 0.05) is 5.56 Å². The third-order valence-electron chi connectivity index (χ3n) is 5.44. The first-order valence-electron chi connectivity index (χ1n) is 9.63. The lowest BCUT2D eigenvalue weighted by Gasteiger charge is -2.31. The molecule has 1 aliphatic heterocycles. The molecular weight excluding hydrogens is 340 g/mol. The Bertz CT molecular complexity index is 829. The van der Waals surface area contributed by atoms with Gasteiger partial charge in [0.05, 0.1) is 11.7 Å². The molecule has 2 amide bonds. The van der Waals surface area contributed by atoms with E-state index in [-0.39, 0.29) is 24.5 Å². The number of benzene rings is 2. The van der Waals surface area contributed by atoms with Crippen molar-refractivity contribution in [2.45, 2.75) is 38.1 Å². The summed E-state index contributed by atoms with van der Waals surface area (Å²) in [6.07, 6.45) is 5.99. The number of ether oxygens (including phenoxy) is 1. The van der Waals surface area contributed by atoms with Crippen molar-refractivity contribution in [2.24, 2.45) is 5.92 Å². The molecule has 4 rings (SSSR count). The van der Waals surface area contributed by atoms with Gasteiger partial charge in [0.1, 0.15) is 5.75 Å². The van der Waals surface area contributed by atoms with E-state index in [1.54, 1.807) is 18.2 Å². The zero-order chi connectivity index (χ0) is 18.6. The van der Waals surface area contributed by atoms with Crippen LogP contribution in [0, 0.1) is 5.92 Å². The molecule has 2 aromatic rings. The molecule has 5 nitrogen and oxygen atoms in total. The van der Waals surface area contributed by atoms with E-state index in [1.165, 1.54) is 19.3 Å². The van der Waals surface area contributed by atoms with E-state index in [9.17, 15) is 9.59 Å². The lowest BCUT2D eigenvalue weighted by atomic mass is 9.81. The van der Waals surface area contributed by atoms with Crippen LogP contribution in [0.4, 0.5) is 5.69 Å². The molecule has 27 heavy (non-hydrogen) atoms. The normalized spacial score (nSPS) is 18.0. The molecule has 0 saturated heterocycles. The molecule has 5 heteroatoms. The van der Waals surface area contributed by atoms with Gasteiger partial charge in [-0.15, -0.1) is 0 Å². The number of carbonyl (C=O) groups excluding carboxylic acids is 2. The molecule has 2 N–H and O–H groups in total. The number of fused-ring (bicyclic) bond motifs is 1. The van der Waals surface area contributed by atoms with E-state index in [1.807, 2.05) is 18.2 Å². The summed E-state index contributed by atoms with van der Waals surface area (Å²) < 4.78 is 5.44. The Morgan fingerprint density at radius 2 is 1.85 bits per heavy atom. The van der Waals surface area contributed by atoms with Crippen molar-refractivity contribution in [3.05, 3.63) is 59.7 Å². The van der Waals surface area contributed by atoms with Gasteiger partial charge in [-0.25, -0.2) is 0 Å². The molecule has 1 atom stereocenters. The van der Waals surface area contributed by atoms with Crippen LogP contribution in [0.2, 0.25) is 0 Å². The first-order chi connectivity index (χ1) is 13.2. The van der Waals surface area contributed by atoms with Gasteiger partial charge in [-0.1, -0.05) is 49.6 Å². The maximum Gasteiger partial charge on any atom is 0.262 e. The minimum atomic E-state index is -0.179. The molecule has 2 aromatic carbocycles. The number of hydrogen-bond acceptors (Lipinski definition) is 3. The monoisotopic (exact) mass is 364 g/mol. The molecule has 0 bridgehead atoms. The van der Waals surface area contributed by atoms with Crippen molar-refractivity contribution < 1.29 is 14.3 Å². The van der Waals surface area contributed by atoms with Crippen LogP contribution in [0.25, 0.3) is 0 Å². The zero-order valence-electron chi connectivity index (χ0n) is 15.2. The number of amides is 2. The molecule has 0 radical (unpaired) electrons. The van der Waals surface area contributed by atoms with Crippen LogP contribution in [-0.4, -0.2) is 18.4 Å².